The van der Waals surface area contributed by atoms with Gasteiger partial charge in [0.15, 0.2) is 5.82 Å². The highest BCUT2D eigenvalue weighted by atomic mass is 19.3. The Balaban J connectivity index is 1.77. The third-order valence-corrected chi connectivity index (χ3v) is 5.05. The number of fused-ring (bicyclic) bond motifs is 1. The van der Waals surface area contributed by atoms with E-state index in [-0.39, 0.29) is 13.0 Å². The van der Waals surface area contributed by atoms with Gasteiger partial charge in [-0.1, -0.05) is 6.07 Å². The van der Waals surface area contributed by atoms with Crippen molar-refractivity contribution in [1.82, 2.24) is 19.6 Å². The average molecular weight is 391 g/mol. The van der Waals surface area contributed by atoms with Crippen molar-refractivity contribution >= 4 is 22.4 Å². The smallest absolute Gasteiger partial charge is 0.256 e. The molecule has 7 nitrogen and oxygen atoms in total. The maximum atomic E-state index is 13.5. The van der Waals surface area contributed by atoms with Crippen molar-refractivity contribution < 1.29 is 18.6 Å². The van der Waals surface area contributed by atoms with Gasteiger partial charge in [-0.05, 0) is 31.5 Å². The number of anilines is 2. The molecular formula is C19H23F2N5O2. The first-order valence-corrected chi connectivity index (χ1v) is 9.04. The lowest BCUT2D eigenvalue weighted by Crippen LogP contribution is -2.15. The molecule has 2 N–H and O–H groups in total. The summed E-state index contributed by atoms with van der Waals surface area (Å²) in [5.41, 5.74) is 0.953. The van der Waals surface area contributed by atoms with Crippen LogP contribution in [0.3, 0.4) is 0 Å². The Morgan fingerprint density at radius 2 is 2.07 bits per heavy atom. The van der Waals surface area contributed by atoms with Gasteiger partial charge in [0.1, 0.15) is 5.69 Å². The van der Waals surface area contributed by atoms with E-state index in [2.05, 4.69) is 15.5 Å². The molecule has 0 radical (unpaired) electrons. The lowest BCUT2D eigenvalue weighted by molar-refractivity contribution is 0.0786. The number of aliphatic hydroxyl groups is 1. The summed E-state index contributed by atoms with van der Waals surface area (Å²) in [6, 6.07) is 5.45. The van der Waals surface area contributed by atoms with Gasteiger partial charge < -0.3 is 15.2 Å². The van der Waals surface area contributed by atoms with E-state index in [9.17, 15) is 13.9 Å². The van der Waals surface area contributed by atoms with E-state index in [4.69, 9.17) is 4.74 Å². The normalized spacial score (nSPS) is 18.5. The number of aromatic nitrogens is 4. The number of ether oxygens (including phenoxy) is 1. The van der Waals surface area contributed by atoms with Crippen molar-refractivity contribution in [3.05, 3.63) is 30.0 Å². The predicted octanol–water partition coefficient (Wildman–Crippen LogP) is 3.40. The summed E-state index contributed by atoms with van der Waals surface area (Å²) in [4.78, 5) is 0. The van der Waals surface area contributed by atoms with Gasteiger partial charge in [-0.2, -0.15) is 5.10 Å². The topological polar surface area (TPSA) is 77.1 Å². The molecule has 0 saturated heterocycles. The van der Waals surface area contributed by atoms with Gasteiger partial charge in [0.25, 0.3) is 11.8 Å². The highest BCUT2D eigenvalue weighted by Crippen LogP contribution is 2.50. The Kier molecular flexibility index (Phi) is 4.11. The number of rotatable bonds is 6. The summed E-state index contributed by atoms with van der Waals surface area (Å²) in [7, 11) is 3.30. The highest BCUT2D eigenvalue weighted by molar-refractivity contribution is 5.92. The fourth-order valence-electron chi connectivity index (χ4n) is 3.29. The molecule has 1 unspecified atom stereocenters. The van der Waals surface area contributed by atoms with Crippen LogP contribution in [0.1, 0.15) is 25.8 Å². The third kappa shape index (κ3) is 3.30. The molecular weight excluding hydrogens is 368 g/mol. The first-order valence-electron chi connectivity index (χ1n) is 9.04. The molecule has 1 aliphatic carbocycles. The molecule has 1 fully saturated rings. The highest BCUT2D eigenvalue weighted by Gasteiger charge is 2.57. The number of hydrogen-bond acceptors (Lipinski definition) is 5. The van der Waals surface area contributed by atoms with Crippen molar-refractivity contribution in [3.8, 4) is 5.88 Å². The summed E-state index contributed by atoms with van der Waals surface area (Å²) in [5.74, 6) is -2.42. The first kappa shape index (κ1) is 18.7. The molecule has 4 rings (SSSR count). The zero-order chi connectivity index (χ0) is 20.3. The molecule has 1 saturated carbocycles. The second-order valence-corrected chi connectivity index (χ2v) is 7.83. The van der Waals surface area contributed by atoms with E-state index in [1.54, 1.807) is 42.5 Å². The Morgan fingerprint density at radius 3 is 2.68 bits per heavy atom. The SMILES string of the molecule is COc1nn(C)cc1Nc1nn(CC2CC2(F)F)c2cc(C(C)(C)O)ccc12. The van der Waals surface area contributed by atoms with Crippen molar-refractivity contribution in [2.24, 2.45) is 13.0 Å². The second kappa shape index (κ2) is 6.16. The Morgan fingerprint density at radius 1 is 1.36 bits per heavy atom. The largest absolute Gasteiger partial charge is 0.478 e. The second-order valence-electron chi connectivity index (χ2n) is 7.83. The van der Waals surface area contributed by atoms with Gasteiger partial charge in [0.2, 0.25) is 0 Å². The number of hydrogen-bond donors (Lipinski definition) is 2. The molecule has 150 valence electrons. The summed E-state index contributed by atoms with van der Waals surface area (Å²) in [5, 5.41) is 23.0. The van der Waals surface area contributed by atoms with E-state index in [0.717, 1.165) is 5.39 Å². The van der Waals surface area contributed by atoms with Gasteiger partial charge in [-0.15, -0.1) is 5.10 Å². The number of nitrogens with zero attached hydrogens (tertiary/aromatic N) is 4. The number of nitrogens with one attached hydrogen (secondary N) is 1. The van der Waals surface area contributed by atoms with Crippen molar-refractivity contribution in [2.75, 3.05) is 12.4 Å². The van der Waals surface area contributed by atoms with Crippen LogP contribution in [0.15, 0.2) is 24.4 Å². The van der Waals surface area contributed by atoms with Crippen LogP contribution in [0, 0.1) is 5.92 Å². The molecule has 0 aliphatic heterocycles. The third-order valence-electron chi connectivity index (χ3n) is 5.05. The van der Waals surface area contributed by atoms with E-state index in [1.807, 2.05) is 12.1 Å². The number of benzene rings is 1. The van der Waals surface area contributed by atoms with E-state index < -0.39 is 17.4 Å². The zero-order valence-electron chi connectivity index (χ0n) is 16.2. The predicted molar refractivity (Wildman–Crippen MR) is 101 cm³/mol. The van der Waals surface area contributed by atoms with Crippen LogP contribution in [0.25, 0.3) is 10.9 Å². The Labute approximate surface area is 160 Å². The van der Waals surface area contributed by atoms with Crippen LogP contribution in [-0.2, 0) is 19.2 Å². The van der Waals surface area contributed by atoms with Crippen LogP contribution in [-0.4, -0.2) is 37.7 Å². The minimum Gasteiger partial charge on any atom is -0.478 e. The summed E-state index contributed by atoms with van der Waals surface area (Å²) < 4.78 is 35.4. The number of methoxy groups -OCH3 is 1. The molecule has 28 heavy (non-hydrogen) atoms. The van der Waals surface area contributed by atoms with Crippen molar-refractivity contribution in [1.29, 1.82) is 0 Å². The molecule has 2 heterocycles. The lowest BCUT2D eigenvalue weighted by Gasteiger charge is -2.18. The quantitative estimate of drug-likeness (QED) is 0.673. The van der Waals surface area contributed by atoms with E-state index in [0.29, 0.717) is 28.5 Å². The monoisotopic (exact) mass is 391 g/mol. The van der Waals surface area contributed by atoms with Gasteiger partial charge >= 0.3 is 0 Å². The molecule has 2 aromatic heterocycles. The van der Waals surface area contributed by atoms with Crippen molar-refractivity contribution in [2.45, 2.75) is 38.3 Å². The average Bonchev–Trinajstić information content (AvgIpc) is 2.91. The van der Waals surface area contributed by atoms with Crippen LogP contribution in [0.2, 0.25) is 0 Å². The van der Waals surface area contributed by atoms with Gasteiger partial charge in [0, 0.05) is 24.8 Å². The maximum absolute atomic E-state index is 13.5. The minimum absolute atomic E-state index is 0.116. The van der Waals surface area contributed by atoms with Crippen LogP contribution < -0.4 is 10.1 Å². The van der Waals surface area contributed by atoms with Crippen LogP contribution in [0.4, 0.5) is 20.3 Å². The molecule has 1 aliphatic rings. The Hall–Kier alpha value is -2.68. The standard InChI is InChI=1S/C19H23F2N5O2/c1-18(2,27)11-5-6-13-15(7-11)26(9-12-8-19(12,20)21)23-16(13)22-14-10-25(3)24-17(14)28-4/h5-7,10,12,27H,8-9H2,1-4H3,(H,22,23). The molecule has 0 bridgehead atoms. The molecule has 0 spiro atoms. The zero-order valence-corrected chi connectivity index (χ0v) is 16.2. The molecule has 0 amide bonds. The van der Waals surface area contributed by atoms with Crippen LogP contribution >= 0.6 is 0 Å². The van der Waals surface area contributed by atoms with Gasteiger partial charge in [-0.25, -0.2) is 8.78 Å². The van der Waals surface area contributed by atoms with Crippen LogP contribution in [0.5, 0.6) is 5.88 Å². The van der Waals surface area contributed by atoms with E-state index in [1.165, 1.54) is 7.11 Å². The Bertz CT molecular complexity index is 1040. The lowest BCUT2D eigenvalue weighted by atomic mass is 9.97. The van der Waals surface area contributed by atoms with Gasteiger partial charge in [0.05, 0.1) is 31.0 Å². The number of alkyl halides is 2. The fourth-order valence-corrected chi connectivity index (χ4v) is 3.29. The first-order chi connectivity index (χ1) is 13.1. The fraction of sp³-hybridized carbons (Fsp3) is 0.474. The van der Waals surface area contributed by atoms with E-state index >= 15 is 0 Å². The number of halogens is 2. The summed E-state index contributed by atoms with van der Waals surface area (Å²) in [6.45, 7) is 3.48. The summed E-state index contributed by atoms with van der Waals surface area (Å²) in [6.07, 6.45) is 1.63. The number of aryl methyl sites for hydroxylation is 1. The molecule has 1 atom stereocenters. The van der Waals surface area contributed by atoms with Gasteiger partial charge in [-0.3, -0.25) is 9.36 Å². The maximum Gasteiger partial charge on any atom is 0.256 e. The molecule has 1 aromatic carbocycles. The minimum atomic E-state index is -2.63. The molecule has 3 aromatic rings. The molecule has 9 heteroatoms. The summed E-state index contributed by atoms with van der Waals surface area (Å²) >= 11 is 0. The van der Waals surface area contributed by atoms with Crippen molar-refractivity contribution in [3.63, 3.8) is 0 Å².